The van der Waals surface area contributed by atoms with Gasteiger partial charge in [-0.25, -0.2) is 9.67 Å². The van der Waals surface area contributed by atoms with Gasteiger partial charge in [0.15, 0.2) is 5.65 Å². The highest BCUT2D eigenvalue weighted by Crippen LogP contribution is 2.28. The van der Waals surface area contributed by atoms with Crippen molar-refractivity contribution >= 4 is 22.6 Å². The number of methoxy groups -OCH3 is 1. The number of rotatable bonds is 6. The van der Waals surface area contributed by atoms with Crippen LogP contribution in [0.4, 0.5) is 0 Å². The monoisotopic (exact) mass is 479 g/mol. The molecule has 0 spiro atoms. The van der Waals surface area contributed by atoms with Gasteiger partial charge in [0, 0.05) is 19.6 Å². The van der Waals surface area contributed by atoms with Gasteiger partial charge in [0.2, 0.25) is 0 Å². The fourth-order valence-electron chi connectivity index (χ4n) is 4.48. The maximum atomic E-state index is 13.1. The minimum Gasteiger partial charge on any atom is -0.495 e. The molecule has 1 aliphatic heterocycles. The van der Waals surface area contributed by atoms with Gasteiger partial charge in [-0.3, -0.25) is 14.3 Å². The molecule has 0 radical (unpaired) electrons. The molecule has 4 aromatic rings. The van der Waals surface area contributed by atoms with Crippen molar-refractivity contribution in [3.8, 4) is 11.4 Å². The molecule has 1 N–H and O–H groups in total. The second-order valence-electron chi connectivity index (χ2n) is 8.78. The Morgan fingerprint density at radius 1 is 1.15 bits per heavy atom. The number of hydrogen-bond donors (Lipinski definition) is 1. The Bertz CT molecular complexity index is 1360. The molecule has 34 heavy (non-hydrogen) atoms. The molecule has 0 aliphatic carbocycles. The van der Waals surface area contributed by atoms with E-state index in [2.05, 4.69) is 15.0 Å². The normalized spacial score (nSPS) is 16.1. The van der Waals surface area contributed by atoms with Gasteiger partial charge in [-0.2, -0.15) is 5.10 Å². The van der Waals surface area contributed by atoms with Gasteiger partial charge in [0.05, 0.1) is 36.2 Å². The summed E-state index contributed by atoms with van der Waals surface area (Å²) in [5.41, 5.74) is 1.28. The average molecular weight is 480 g/mol. The third-order valence-corrected chi connectivity index (χ3v) is 6.74. The van der Waals surface area contributed by atoms with Crippen molar-refractivity contribution in [3.63, 3.8) is 0 Å². The van der Waals surface area contributed by atoms with Crippen molar-refractivity contribution in [2.24, 2.45) is 0 Å². The lowest BCUT2D eigenvalue weighted by Crippen LogP contribution is -2.47. The molecule has 2 aromatic carbocycles. The van der Waals surface area contributed by atoms with E-state index in [1.165, 1.54) is 10.9 Å². The average Bonchev–Trinajstić information content (AvgIpc) is 3.29. The van der Waals surface area contributed by atoms with Crippen LogP contribution in [-0.2, 0) is 13.1 Å². The summed E-state index contributed by atoms with van der Waals surface area (Å²) in [4.78, 5) is 19.9. The summed E-state index contributed by atoms with van der Waals surface area (Å²) in [7, 11) is 1.60. The first kappa shape index (κ1) is 22.6. The summed E-state index contributed by atoms with van der Waals surface area (Å²) < 4.78 is 8.46. The molecule has 5 rings (SSSR count). The molecule has 8 nitrogen and oxygen atoms in total. The number of hydrogen-bond acceptors (Lipinski definition) is 6. The van der Waals surface area contributed by atoms with Crippen LogP contribution in [0.15, 0.2) is 65.8 Å². The van der Waals surface area contributed by atoms with Crippen LogP contribution in [0.5, 0.6) is 5.75 Å². The first-order valence-electron chi connectivity index (χ1n) is 11.2. The van der Waals surface area contributed by atoms with Crippen LogP contribution in [-0.4, -0.2) is 55.1 Å². The maximum absolute atomic E-state index is 13.1. The summed E-state index contributed by atoms with van der Waals surface area (Å²) in [5.74, 6) is 0.658. The number of aliphatic hydroxyl groups is 1. The maximum Gasteiger partial charge on any atom is 0.264 e. The van der Waals surface area contributed by atoms with Crippen molar-refractivity contribution in [2.45, 2.75) is 31.5 Å². The molecule has 1 fully saturated rings. The fraction of sp³-hybridized carbons (Fsp3) is 0.320. The van der Waals surface area contributed by atoms with Gasteiger partial charge >= 0.3 is 0 Å². The summed E-state index contributed by atoms with van der Waals surface area (Å²) in [6, 6.07) is 15.3. The van der Waals surface area contributed by atoms with Gasteiger partial charge in [-0.1, -0.05) is 35.9 Å². The predicted molar refractivity (Wildman–Crippen MR) is 131 cm³/mol. The van der Waals surface area contributed by atoms with E-state index in [1.54, 1.807) is 18.0 Å². The van der Waals surface area contributed by atoms with E-state index < -0.39 is 5.60 Å². The molecular formula is C25H26ClN5O3. The lowest BCUT2D eigenvalue weighted by atomic mass is 9.91. The van der Waals surface area contributed by atoms with Crippen molar-refractivity contribution in [2.75, 3.05) is 20.2 Å². The van der Waals surface area contributed by atoms with Crippen LogP contribution >= 0.6 is 11.6 Å². The number of nitrogens with zero attached hydrogens (tertiary/aromatic N) is 5. The Kier molecular flexibility index (Phi) is 6.12. The number of benzene rings is 2. The molecule has 176 valence electrons. The Balaban J connectivity index is 1.28. The lowest BCUT2D eigenvalue weighted by Gasteiger charge is -2.38. The zero-order valence-corrected chi connectivity index (χ0v) is 19.6. The van der Waals surface area contributed by atoms with E-state index in [0.29, 0.717) is 34.6 Å². The van der Waals surface area contributed by atoms with E-state index >= 15 is 0 Å². The van der Waals surface area contributed by atoms with Gasteiger partial charge in [0.25, 0.3) is 5.56 Å². The Labute approximate surface area is 202 Å². The van der Waals surface area contributed by atoms with Gasteiger partial charge in [0.1, 0.15) is 17.5 Å². The second-order valence-corrected chi connectivity index (χ2v) is 9.18. The number of piperidine rings is 1. The third-order valence-electron chi connectivity index (χ3n) is 6.43. The molecule has 0 amide bonds. The fourth-order valence-corrected chi connectivity index (χ4v) is 4.68. The zero-order valence-electron chi connectivity index (χ0n) is 18.9. The largest absolute Gasteiger partial charge is 0.495 e. The highest BCUT2D eigenvalue weighted by molar-refractivity contribution is 6.32. The van der Waals surface area contributed by atoms with Gasteiger partial charge < -0.3 is 9.84 Å². The van der Waals surface area contributed by atoms with E-state index in [1.807, 2.05) is 48.5 Å². The third kappa shape index (κ3) is 4.44. The van der Waals surface area contributed by atoms with E-state index in [9.17, 15) is 9.90 Å². The summed E-state index contributed by atoms with van der Waals surface area (Å²) in [5, 5.41) is 16.6. The van der Waals surface area contributed by atoms with E-state index in [0.717, 1.165) is 30.9 Å². The van der Waals surface area contributed by atoms with Crippen LogP contribution in [0.3, 0.4) is 0 Å². The zero-order chi connectivity index (χ0) is 23.7. The highest BCUT2D eigenvalue weighted by atomic mass is 35.5. The first-order chi connectivity index (χ1) is 16.5. The molecule has 9 heteroatoms. The Hall–Kier alpha value is -3.20. The standard InChI is InChI=1S/C25H26ClN5O3/c1-34-22-13-18(7-8-21(22)26)15-29-11-9-25(33,10-12-29)16-30-17-27-23-20(24(30)32)14-28-31(23)19-5-3-2-4-6-19/h2-8,13-14,17,33H,9-12,15-16H2,1H3. The number of likely N-dealkylation sites (tertiary alicyclic amines) is 1. The Morgan fingerprint density at radius 2 is 1.91 bits per heavy atom. The van der Waals surface area contributed by atoms with Crippen LogP contribution in [0.2, 0.25) is 5.02 Å². The number of halogens is 1. The lowest BCUT2D eigenvalue weighted by molar-refractivity contribution is -0.0365. The summed E-state index contributed by atoms with van der Waals surface area (Å²) in [6.45, 7) is 2.39. The molecule has 2 aromatic heterocycles. The van der Waals surface area contributed by atoms with E-state index in [-0.39, 0.29) is 12.1 Å². The number of ether oxygens (including phenoxy) is 1. The van der Waals surface area contributed by atoms with Crippen molar-refractivity contribution in [1.29, 1.82) is 0 Å². The van der Waals surface area contributed by atoms with Gasteiger partial charge in [-0.15, -0.1) is 0 Å². The molecule has 0 bridgehead atoms. The summed E-state index contributed by atoms with van der Waals surface area (Å²) in [6.07, 6.45) is 4.17. The van der Waals surface area contributed by atoms with Crippen molar-refractivity contribution < 1.29 is 9.84 Å². The highest BCUT2D eigenvalue weighted by Gasteiger charge is 2.33. The molecule has 1 saturated heterocycles. The van der Waals surface area contributed by atoms with Crippen molar-refractivity contribution in [1.82, 2.24) is 24.2 Å². The van der Waals surface area contributed by atoms with Crippen LogP contribution in [0.25, 0.3) is 16.7 Å². The van der Waals surface area contributed by atoms with Crippen LogP contribution in [0, 0.1) is 0 Å². The SMILES string of the molecule is COc1cc(CN2CCC(O)(Cn3cnc4c(cnn4-c4ccccc4)c3=O)CC2)ccc1Cl. The topological polar surface area (TPSA) is 85.4 Å². The van der Waals surface area contributed by atoms with E-state index in [4.69, 9.17) is 16.3 Å². The molecule has 0 saturated carbocycles. The quantitative estimate of drug-likeness (QED) is 0.457. The molecule has 0 unspecified atom stereocenters. The number of fused-ring (bicyclic) bond motifs is 1. The minimum absolute atomic E-state index is 0.198. The Morgan fingerprint density at radius 3 is 2.65 bits per heavy atom. The molecule has 1 aliphatic rings. The minimum atomic E-state index is -0.969. The van der Waals surface area contributed by atoms with Crippen LogP contribution < -0.4 is 10.3 Å². The number of aromatic nitrogens is 4. The molecular weight excluding hydrogens is 454 g/mol. The predicted octanol–water partition coefficient (Wildman–Crippen LogP) is 3.27. The van der Waals surface area contributed by atoms with Crippen LogP contribution in [0.1, 0.15) is 18.4 Å². The number of para-hydroxylation sites is 1. The summed E-state index contributed by atoms with van der Waals surface area (Å²) >= 11 is 6.13. The second kappa shape index (κ2) is 9.21. The smallest absolute Gasteiger partial charge is 0.264 e. The van der Waals surface area contributed by atoms with Crippen molar-refractivity contribution in [3.05, 3.63) is 82.0 Å². The first-order valence-corrected chi connectivity index (χ1v) is 11.6. The molecule has 3 heterocycles. The van der Waals surface area contributed by atoms with Gasteiger partial charge in [-0.05, 0) is 42.7 Å². The molecule has 0 atom stereocenters.